The molecule has 0 amide bonds. The quantitative estimate of drug-likeness (QED) is 0.164. The van der Waals surface area contributed by atoms with Crippen molar-refractivity contribution in [2.24, 2.45) is 0 Å². The first-order valence-electron chi connectivity index (χ1n) is 17.9. The average molecular weight is 663 g/mol. The van der Waals surface area contributed by atoms with E-state index < -0.39 is 0 Å². The van der Waals surface area contributed by atoms with Gasteiger partial charge in [-0.15, -0.1) is 0 Å². The smallest absolute Gasteiger partial charge is 0.0540 e. The Morgan fingerprint density at radius 3 is 1.02 bits per heavy atom. The minimum absolute atomic E-state index is 1.13. The van der Waals surface area contributed by atoms with Crippen molar-refractivity contribution in [1.82, 2.24) is 0 Å². The predicted octanol–water partition coefficient (Wildman–Crippen LogP) is 14.4. The highest BCUT2D eigenvalue weighted by Gasteiger charge is 2.19. The van der Waals surface area contributed by atoms with Gasteiger partial charge >= 0.3 is 0 Å². The molecule has 52 heavy (non-hydrogen) atoms. The molecule has 0 saturated heterocycles. The van der Waals surface area contributed by atoms with E-state index in [1.807, 2.05) is 0 Å². The van der Waals surface area contributed by atoms with Crippen molar-refractivity contribution in [3.63, 3.8) is 0 Å². The third-order valence-electron chi connectivity index (χ3n) is 10.4. The molecule has 0 aromatic heterocycles. The topological polar surface area (TPSA) is 6.48 Å². The van der Waals surface area contributed by atoms with Gasteiger partial charge in [-0.2, -0.15) is 0 Å². The van der Waals surface area contributed by atoms with Crippen LogP contribution in [0.1, 0.15) is 0 Å². The van der Waals surface area contributed by atoms with E-state index in [9.17, 15) is 0 Å². The van der Waals surface area contributed by atoms with E-state index >= 15 is 0 Å². The number of benzene rings is 10. The van der Waals surface area contributed by atoms with Crippen LogP contribution in [0.5, 0.6) is 0 Å². The van der Waals surface area contributed by atoms with Crippen LogP contribution in [0.3, 0.4) is 0 Å². The van der Waals surface area contributed by atoms with Gasteiger partial charge in [-0.1, -0.05) is 146 Å². The van der Waals surface area contributed by atoms with Crippen molar-refractivity contribution in [3.05, 3.63) is 206 Å². The van der Waals surface area contributed by atoms with E-state index in [2.05, 4.69) is 216 Å². The largest absolute Gasteiger partial charge is 0.310 e. The molecule has 2 heteroatoms. The Morgan fingerprint density at radius 2 is 0.577 bits per heavy atom. The number of fused-ring (bicyclic) bond motifs is 7. The molecule has 0 aliphatic rings. The fourth-order valence-corrected chi connectivity index (χ4v) is 7.94. The lowest BCUT2D eigenvalue weighted by Crippen LogP contribution is -2.10. The van der Waals surface area contributed by atoms with Gasteiger partial charge in [0.2, 0.25) is 0 Å². The maximum atomic E-state index is 2.39. The van der Waals surface area contributed by atoms with Crippen LogP contribution >= 0.6 is 0 Å². The first kappa shape index (κ1) is 30.0. The molecule has 10 aromatic carbocycles. The van der Waals surface area contributed by atoms with E-state index in [4.69, 9.17) is 0 Å². The highest BCUT2D eigenvalue weighted by Crippen LogP contribution is 2.45. The summed E-state index contributed by atoms with van der Waals surface area (Å²) in [5.41, 5.74) is 6.83. The second-order valence-corrected chi connectivity index (χ2v) is 13.4. The average Bonchev–Trinajstić information content (AvgIpc) is 3.21. The number of rotatable bonds is 6. The summed E-state index contributed by atoms with van der Waals surface area (Å²) in [4.78, 5) is 4.78. The van der Waals surface area contributed by atoms with Crippen LogP contribution in [0.4, 0.5) is 34.1 Å². The molecule has 0 N–H and O–H groups in total. The van der Waals surface area contributed by atoms with Gasteiger partial charge in [0.15, 0.2) is 0 Å². The molecule has 0 bridgehead atoms. The van der Waals surface area contributed by atoms with Crippen LogP contribution in [0, 0.1) is 0 Å². The Kier molecular flexibility index (Phi) is 7.18. The highest BCUT2D eigenvalue weighted by molar-refractivity contribution is 6.21. The van der Waals surface area contributed by atoms with Crippen molar-refractivity contribution in [2.45, 2.75) is 0 Å². The second kappa shape index (κ2) is 12.5. The SMILES string of the molecule is c1ccc(N(c2ccc3ccccc3c2)c2cccc3c2ccc2c4cccc(N(c5ccccc5)c5ccc6ccccc6c5)c4ccc32)cc1. The summed E-state index contributed by atoms with van der Waals surface area (Å²) in [5.74, 6) is 0. The van der Waals surface area contributed by atoms with Gasteiger partial charge in [0, 0.05) is 33.5 Å². The molecule has 0 heterocycles. The molecular formula is C50H34N2. The predicted molar refractivity (Wildman–Crippen MR) is 223 cm³/mol. The Morgan fingerprint density at radius 1 is 0.212 bits per heavy atom. The highest BCUT2D eigenvalue weighted by atomic mass is 15.1. The molecule has 10 rings (SSSR count). The van der Waals surface area contributed by atoms with E-state index in [-0.39, 0.29) is 0 Å². The fourth-order valence-electron chi connectivity index (χ4n) is 7.94. The summed E-state index contributed by atoms with van der Waals surface area (Å²) >= 11 is 0. The Bertz CT molecular complexity index is 2710. The lowest BCUT2D eigenvalue weighted by atomic mass is 9.95. The molecule has 0 fully saturated rings. The number of hydrogen-bond acceptors (Lipinski definition) is 2. The third kappa shape index (κ3) is 5.04. The zero-order valence-corrected chi connectivity index (χ0v) is 28.5. The van der Waals surface area contributed by atoms with Crippen molar-refractivity contribution >= 4 is 88.0 Å². The van der Waals surface area contributed by atoms with Gasteiger partial charge in [0.1, 0.15) is 0 Å². The monoisotopic (exact) mass is 662 g/mol. The molecule has 0 atom stereocenters. The summed E-state index contributed by atoms with van der Waals surface area (Å²) in [7, 11) is 0. The summed E-state index contributed by atoms with van der Waals surface area (Å²) in [5, 5.41) is 12.3. The molecular weight excluding hydrogens is 629 g/mol. The number of nitrogens with zero attached hydrogens (tertiary/aromatic N) is 2. The van der Waals surface area contributed by atoms with E-state index in [1.54, 1.807) is 0 Å². The molecule has 244 valence electrons. The molecule has 0 radical (unpaired) electrons. The summed E-state index contributed by atoms with van der Waals surface area (Å²) in [6.45, 7) is 0. The van der Waals surface area contributed by atoms with Crippen LogP contribution in [0.2, 0.25) is 0 Å². The minimum Gasteiger partial charge on any atom is -0.310 e. The second-order valence-electron chi connectivity index (χ2n) is 13.4. The van der Waals surface area contributed by atoms with Gasteiger partial charge < -0.3 is 9.80 Å². The molecule has 10 aromatic rings. The first-order valence-corrected chi connectivity index (χ1v) is 17.9. The zero-order chi connectivity index (χ0) is 34.4. The van der Waals surface area contributed by atoms with Crippen molar-refractivity contribution in [3.8, 4) is 0 Å². The molecule has 0 saturated carbocycles. The van der Waals surface area contributed by atoms with Gasteiger partial charge in [-0.3, -0.25) is 0 Å². The Labute approximate surface area is 303 Å². The van der Waals surface area contributed by atoms with E-state index in [0.29, 0.717) is 0 Å². The summed E-state index contributed by atoms with van der Waals surface area (Å²) in [6, 6.07) is 74.8. The van der Waals surface area contributed by atoms with Crippen molar-refractivity contribution in [1.29, 1.82) is 0 Å². The van der Waals surface area contributed by atoms with Gasteiger partial charge in [-0.05, 0) is 104 Å². The molecule has 2 nitrogen and oxygen atoms in total. The number of hydrogen-bond donors (Lipinski definition) is 0. The third-order valence-corrected chi connectivity index (χ3v) is 10.4. The van der Waals surface area contributed by atoms with E-state index in [0.717, 1.165) is 34.1 Å². The maximum absolute atomic E-state index is 2.39. The summed E-state index contributed by atoms with van der Waals surface area (Å²) in [6.07, 6.45) is 0. The van der Waals surface area contributed by atoms with Crippen LogP contribution < -0.4 is 9.80 Å². The van der Waals surface area contributed by atoms with Gasteiger partial charge in [0.05, 0.1) is 11.4 Å². The van der Waals surface area contributed by atoms with Crippen molar-refractivity contribution < 1.29 is 0 Å². The standard InChI is InChI=1S/C50H34N2/c1-3-17-39(18-4-1)51(41-27-25-35-13-7-9-15-37(35)33-41)49-23-11-21-43-45-30-32-48-44(46(45)29-31-47(43)49)22-12-24-50(48)52(40-19-5-2-6-20-40)42-28-26-36-14-8-10-16-38(36)34-42/h1-34H. The van der Waals surface area contributed by atoms with Gasteiger partial charge in [0.25, 0.3) is 0 Å². The molecule has 0 aliphatic heterocycles. The first-order chi connectivity index (χ1) is 25.8. The molecule has 0 unspecified atom stereocenters. The Balaban J connectivity index is 1.17. The fraction of sp³-hybridized carbons (Fsp3) is 0. The van der Waals surface area contributed by atoms with E-state index in [1.165, 1.54) is 53.9 Å². The Hall–Kier alpha value is -6.90. The normalized spacial score (nSPS) is 11.5. The maximum Gasteiger partial charge on any atom is 0.0540 e. The van der Waals surface area contributed by atoms with Crippen LogP contribution in [0.15, 0.2) is 206 Å². The van der Waals surface area contributed by atoms with Gasteiger partial charge in [-0.25, -0.2) is 0 Å². The number of anilines is 6. The molecule has 0 spiro atoms. The van der Waals surface area contributed by atoms with Crippen LogP contribution in [0.25, 0.3) is 53.9 Å². The van der Waals surface area contributed by atoms with Crippen LogP contribution in [-0.4, -0.2) is 0 Å². The van der Waals surface area contributed by atoms with Crippen LogP contribution in [-0.2, 0) is 0 Å². The lowest BCUT2D eigenvalue weighted by molar-refractivity contribution is 1.30. The molecule has 0 aliphatic carbocycles. The lowest BCUT2D eigenvalue weighted by Gasteiger charge is -2.28. The summed E-state index contributed by atoms with van der Waals surface area (Å²) < 4.78 is 0. The zero-order valence-electron chi connectivity index (χ0n) is 28.5. The van der Waals surface area contributed by atoms with Crippen molar-refractivity contribution in [2.75, 3.05) is 9.80 Å². The number of para-hydroxylation sites is 2. The minimum atomic E-state index is 1.13.